The van der Waals surface area contributed by atoms with Crippen LogP contribution in [0.15, 0.2) is 35.4 Å². The van der Waals surface area contributed by atoms with Gasteiger partial charge in [0.1, 0.15) is 5.71 Å². The van der Waals surface area contributed by atoms with Crippen LogP contribution in [0.3, 0.4) is 0 Å². The summed E-state index contributed by atoms with van der Waals surface area (Å²) in [6.45, 7) is 3.66. The summed E-state index contributed by atoms with van der Waals surface area (Å²) in [6.07, 6.45) is 2.13. The number of carboxylic acids is 1. The predicted molar refractivity (Wildman–Crippen MR) is 93.6 cm³/mol. The van der Waals surface area contributed by atoms with Gasteiger partial charge in [0.2, 0.25) is 0 Å². The molecule has 7 heteroatoms. The van der Waals surface area contributed by atoms with Crippen molar-refractivity contribution in [1.82, 2.24) is 9.80 Å². The van der Waals surface area contributed by atoms with Crippen LogP contribution in [0.4, 0.5) is 5.69 Å². The Balaban J connectivity index is 1.59. The number of carbonyl (C=O) groups is 2. The lowest BCUT2D eigenvalue weighted by atomic mass is 10.0. The number of anilines is 1. The van der Waals surface area contributed by atoms with Crippen LogP contribution in [0.5, 0.6) is 0 Å². The average Bonchev–Trinajstić information content (AvgIpc) is 2.88. The van der Waals surface area contributed by atoms with E-state index in [1.165, 1.54) is 5.01 Å². The molecule has 7 nitrogen and oxygen atoms in total. The number of piperidine rings is 1. The van der Waals surface area contributed by atoms with E-state index >= 15 is 0 Å². The van der Waals surface area contributed by atoms with Crippen LogP contribution in [0.2, 0.25) is 0 Å². The van der Waals surface area contributed by atoms with Crippen LogP contribution < -0.4 is 5.01 Å². The first-order chi connectivity index (χ1) is 12.1. The molecule has 0 saturated carbocycles. The fourth-order valence-electron chi connectivity index (χ4n) is 3.97. The van der Waals surface area contributed by atoms with E-state index in [2.05, 4.69) is 10.0 Å². The maximum absolute atomic E-state index is 13.0. The van der Waals surface area contributed by atoms with Gasteiger partial charge in [-0.05, 0) is 25.0 Å². The van der Waals surface area contributed by atoms with Crippen molar-refractivity contribution in [1.29, 1.82) is 0 Å². The molecule has 1 N–H and O–H groups in total. The second kappa shape index (κ2) is 6.48. The number of carbonyl (C=O) groups excluding carboxylic acids is 1. The molecule has 3 saturated heterocycles. The smallest absolute Gasteiger partial charge is 0.328 e. The normalized spacial score (nSPS) is 28.6. The molecular weight excluding hydrogens is 320 g/mol. The lowest BCUT2D eigenvalue weighted by Gasteiger charge is -2.31. The SMILES string of the molecule is O=C(O)C1CC(C(=O)N2CCN3CCC2CC3)=NN1c1ccccc1. The quantitative estimate of drug-likeness (QED) is 0.887. The molecular formula is C18H22N4O3. The summed E-state index contributed by atoms with van der Waals surface area (Å²) >= 11 is 0. The molecule has 2 bridgehead atoms. The standard InChI is InChI=1S/C18H22N4O3/c23-17(21-11-10-20-8-6-13(21)7-9-20)15-12-16(18(24)25)22(19-15)14-4-2-1-3-5-14/h1-5,13,16H,6-12H2,(H,24,25). The number of nitrogens with zero attached hydrogens (tertiary/aromatic N) is 4. The third-order valence-corrected chi connectivity index (χ3v) is 5.38. The number of aliphatic carboxylic acids is 1. The fourth-order valence-corrected chi connectivity index (χ4v) is 3.97. The summed E-state index contributed by atoms with van der Waals surface area (Å²) in [5, 5.41) is 15.4. The summed E-state index contributed by atoms with van der Waals surface area (Å²) in [7, 11) is 0. The minimum Gasteiger partial charge on any atom is -0.480 e. The number of benzene rings is 1. The number of fused-ring (bicyclic) bond motifs is 4. The van der Waals surface area contributed by atoms with Crippen LogP contribution in [-0.2, 0) is 9.59 Å². The van der Waals surface area contributed by atoms with E-state index < -0.39 is 12.0 Å². The van der Waals surface area contributed by atoms with Gasteiger partial charge in [0.05, 0.1) is 5.69 Å². The maximum atomic E-state index is 13.0. The molecule has 5 rings (SSSR count). The molecule has 4 aliphatic rings. The van der Waals surface area contributed by atoms with Crippen LogP contribution in [0.25, 0.3) is 0 Å². The molecule has 1 aromatic rings. The molecule has 4 aliphatic heterocycles. The number of para-hydroxylation sites is 1. The molecule has 3 fully saturated rings. The number of amides is 1. The van der Waals surface area contributed by atoms with Crippen molar-refractivity contribution in [3.63, 3.8) is 0 Å². The molecule has 1 amide bonds. The monoisotopic (exact) mass is 342 g/mol. The minimum atomic E-state index is -0.960. The molecule has 0 aromatic heterocycles. The fraction of sp³-hybridized carbons (Fsp3) is 0.500. The van der Waals surface area contributed by atoms with Crippen LogP contribution in [0.1, 0.15) is 19.3 Å². The highest BCUT2D eigenvalue weighted by molar-refractivity contribution is 6.40. The highest BCUT2D eigenvalue weighted by Crippen LogP contribution is 2.27. The van der Waals surface area contributed by atoms with Crippen molar-refractivity contribution in [3.05, 3.63) is 30.3 Å². The van der Waals surface area contributed by atoms with E-state index in [1.54, 1.807) is 0 Å². The maximum Gasteiger partial charge on any atom is 0.328 e. The van der Waals surface area contributed by atoms with E-state index in [0.29, 0.717) is 17.9 Å². The van der Waals surface area contributed by atoms with Gasteiger partial charge in [-0.15, -0.1) is 0 Å². The van der Waals surface area contributed by atoms with E-state index in [9.17, 15) is 14.7 Å². The molecule has 0 spiro atoms. The first-order valence-corrected chi connectivity index (χ1v) is 8.81. The van der Waals surface area contributed by atoms with Gasteiger partial charge in [0, 0.05) is 38.6 Å². The van der Waals surface area contributed by atoms with Crippen LogP contribution >= 0.6 is 0 Å². The third kappa shape index (κ3) is 3.00. The summed E-state index contributed by atoms with van der Waals surface area (Å²) in [5.41, 5.74) is 1.05. The lowest BCUT2D eigenvalue weighted by molar-refractivity contribution is -0.138. The molecule has 0 radical (unpaired) electrons. The van der Waals surface area contributed by atoms with Crippen molar-refractivity contribution in [2.24, 2.45) is 5.10 Å². The van der Waals surface area contributed by atoms with Crippen LogP contribution in [0, 0.1) is 0 Å². The number of rotatable bonds is 3. The van der Waals surface area contributed by atoms with Gasteiger partial charge < -0.3 is 14.9 Å². The van der Waals surface area contributed by atoms with Gasteiger partial charge in [-0.1, -0.05) is 18.2 Å². The second-order valence-corrected chi connectivity index (χ2v) is 6.86. The summed E-state index contributed by atoms with van der Waals surface area (Å²) in [4.78, 5) is 29.0. The molecule has 1 atom stereocenters. The number of hydrazone groups is 1. The number of hydrogen-bond acceptors (Lipinski definition) is 5. The van der Waals surface area contributed by atoms with Crippen molar-refractivity contribution in [3.8, 4) is 0 Å². The van der Waals surface area contributed by atoms with Gasteiger partial charge in [-0.2, -0.15) is 5.10 Å². The summed E-state index contributed by atoms with van der Waals surface area (Å²) < 4.78 is 0. The van der Waals surface area contributed by atoms with Gasteiger partial charge in [0.25, 0.3) is 5.91 Å². The zero-order chi connectivity index (χ0) is 17.4. The molecule has 4 heterocycles. The van der Waals surface area contributed by atoms with Crippen LogP contribution in [-0.4, -0.2) is 70.8 Å². The van der Waals surface area contributed by atoms with Gasteiger partial charge >= 0.3 is 5.97 Å². The summed E-state index contributed by atoms with van der Waals surface area (Å²) in [5.74, 6) is -1.06. The van der Waals surface area contributed by atoms with Crippen molar-refractivity contribution >= 4 is 23.3 Å². The zero-order valence-corrected chi connectivity index (χ0v) is 14.0. The third-order valence-electron chi connectivity index (χ3n) is 5.38. The Morgan fingerprint density at radius 3 is 2.44 bits per heavy atom. The molecule has 132 valence electrons. The van der Waals surface area contributed by atoms with Crippen molar-refractivity contribution in [2.45, 2.75) is 31.3 Å². The molecule has 25 heavy (non-hydrogen) atoms. The highest BCUT2D eigenvalue weighted by atomic mass is 16.4. The Bertz CT molecular complexity index is 698. The Morgan fingerprint density at radius 2 is 1.76 bits per heavy atom. The largest absolute Gasteiger partial charge is 0.480 e. The average molecular weight is 342 g/mol. The second-order valence-electron chi connectivity index (χ2n) is 6.86. The van der Waals surface area contributed by atoms with Crippen molar-refractivity contribution in [2.75, 3.05) is 31.2 Å². The van der Waals surface area contributed by atoms with E-state index in [4.69, 9.17) is 0 Å². The van der Waals surface area contributed by atoms with Gasteiger partial charge in [0.15, 0.2) is 6.04 Å². The zero-order valence-electron chi connectivity index (χ0n) is 14.0. The Labute approximate surface area is 146 Å². The Morgan fingerprint density at radius 1 is 1.04 bits per heavy atom. The van der Waals surface area contributed by atoms with E-state index in [0.717, 1.165) is 32.5 Å². The Kier molecular flexibility index (Phi) is 4.17. The predicted octanol–water partition coefficient (Wildman–Crippen LogP) is 1.01. The Hall–Kier alpha value is -2.41. The number of carboxylic acid groups (broad SMARTS) is 1. The van der Waals surface area contributed by atoms with E-state index in [1.807, 2.05) is 35.2 Å². The summed E-state index contributed by atoms with van der Waals surface area (Å²) in [6, 6.07) is 8.60. The van der Waals surface area contributed by atoms with Gasteiger partial charge in [-0.25, -0.2) is 4.79 Å². The molecule has 1 unspecified atom stereocenters. The first kappa shape index (κ1) is 16.1. The lowest BCUT2D eigenvalue weighted by Crippen LogP contribution is -2.44. The number of hydrogen-bond donors (Lipinski definition) is 1. The van der Waals surface area contributed by atoms with Gasteiger partial charge in [-0.3, -0.25) is 9.80 Å². The molecule has 0 aliphatic carbocycles. The highest BCUT2D eigenvalue weighted by Gasteiger charge is 2.40. The molecule has 1 aromatic carbocycles. The van der Waals surface area contributed by atoms with E-state index in [-0.39, 0.29) is 18.4 Å². The minimum absolute atomic E-state index is 0.0987. The topological polar surface area (TPSA) is 76.5 Å². The van der Waals surface area contributed by atoms with Crippen molar-refractivity contribution < 1.29 is 14.7 Å². The first-order valence-electron chi connectivity index (χ1n) is 8.81.